The largest absolute Gasteiger partial charge is 0.784 e. The number of hydrogen-bond donors (Lipinski definition) is 4. The minimum absolute atomic E-state index is 0. The first kappa shape index (κ1) is 37.7. The SMILES string of the molecule is CC(N)=O.COC(=O)C(NC(=O)CNC(=O)C(N[C-]=O)C(C)(C)[S-])C(C)OC(C)(C)C.[Fm].[Ta]. The Kier molecular flexibility index (Phi) is 19.4. The molecule has 11 nitrogen and oxygen atoms in total. The van der Waals surface area contributed by atoms with Gasteiger partial charge in [0.05, 0.1) is 31.4 Å². The van der Waals surface area contributed by atoms with Gasteiger partial charge in [0, 0.05) is 29.3 Å². The monoisotopic (exact) mass is 900 g/mol. The zero-order valence-electron chi connectivity index (χ0n) is 20.0. The molecule has 33 heavy (non-hydrogen) atoms. The number of rotatable bonds is 10. The van der Waals surface area contributed by atoms with Gasteiger partial charge in [0.1, 0.15) is 0 Å². The molecule has 0 aromatic rings. The fraction of sp³-hybridized carbons (Fsp3) is 0.737. The quantitative estimate of drug-likeness (QED) is 0.0921. The van der Waals surface area contributed by atoms with E-state index in [9.17, 15) is 24.0 Å². The van der Waals surface area contributed by atoms with Gasteiger partial charge in [0.15, 0.2) is 6.04 Å². The third-order valence-electron chi connectivity index (χ3n) is 3.36. The molecule has 1 radical (unpaired) electrons. The Morgan fingerprint density at radius 2 is 1.58 bits per heavy atom. The molecule has 0 saturated heterocycles. The van der Waals surface area contributed by atoms with Crippen LogP contribution in [0.1, 0.15) is 48.5 Å². The average Bonchev–Trinajstić information content (AvgIpc) is 2.58. The van der Waals surface area contributed by atoms with E-state index in [0.717, 1.165) is 0 Å². The second-order valence-corrected chi connectivity index (χ2v) is 9.17. The first-order valence-electron chi connectivity index (χ1n) is 9.38. The molecule has 14 heteroatoms. The maximum Gasteiger partial charge on any atom is 0.331 e. The van der Waals surface area contributed by atoms with Crippen LogP contribution in [0, 0.1) is 0 Å². The Hall–Kier alpha value is -2.60. The summed E-state index contributed by atoms with van der Waals surface area (Å²) in [4.78, 5) is 56.1. The van der Waals surface area contributed by atoms with Crippen LogP contribution in [0.25, 0.3) is 0 Å². The number of amides is 4. The number of nitrogens with one attached hydrogen (secondary N) is 3. The molecule has 3 atom stereocenters. The molecule has 0 saturated carbocycles. The fourth-order valence-corrected chi connectivity index (χ4v) is 2.39. The van der Waals surface area contributed by atoms with E-state index in [1.165, 1.54) is 20.4 Å². The minimum Gasteiger partial charge on any atom is -0.784 e. The van der Waals surface area contributed by atoms with Gasteiger partial charge in [0.2, 0.25) is 17.7 Å². The van der Waals surface area contributed by atoms with Gasteiger partial charge < -0.3 is 48.6 Å². The molecule has 0 aromatic carbocycles. The van der Waals surface area contributed by atoms with E-state index in [4.69, 9.17) is 22.1 Å². The van der Waals surface area contributed by atoms with Crippen molar-refractivity contribution in [3.63, 3.8) is 0 Å². The number of methoxy groups -OCH3 is 1. The van der Waals surface area contributed by atoms with Gasteiger partial charge in [-0.2, -0.15) is 6.41 Å². The van der Waals surface area contributed by atoms with Gasteiger partial charge in [-0.3, -0.25) is 14.4 Å². The summed E-state index contributed by atoms with van der Waals surface area (Å²) in [5.41, 5.74) is 3.93. The molecule has 0 aliphatic rings. The summed E-state index contributed by atoms with van der Waals surface area (Å²) in [5.74, 6) is -2.27. The van der Waals surface area contributed by atoms with E-state index < -0.39 is 52.9 Å². The van der Waals surface area contributed by atoms with Crippen molar-refractivity contribution in [2.75, 3.05) is 13.7 Å². The molecule has 5 N–H and O–H groups in total. The number of carbonyl (C=O) groups excluding carboxylic acids is 5. The van der Waals surface area contributed by atoms with Crippen LogP contribution in [0.2, 0.25) is 0 Å². The van der Waals surface area contributed by atoms with Crippen LogP contribution in [-0.2, 0) is 68.5 Å². The van der Waals surface area contributed by atoms with Crippen molar-refractivity contribution in [3.05, 3.63) is 0 Å². The summed E-state index contributed by atoms with van der Waals surface area (Å²) in [5, 5.41) is 7.06. The van der Waals surface area contributed by atoms with Crippen molar-refractivity contribution in [2.24, 2.45) is 5.73 Å². The Balaban J connectivity index is -0.000000643. The van der Waals surface area contributed by atoms with Gasteiger partial charge in [-0.25, -0.2) is 4.79 Å². The van der Waals surface area contributed by atoms with Crippen LogP contribution < -0.4 is 21.7 Å². The molecule has 0 fully saturated rings. The molecule has 0 aliphatic heterocycles. The first-order chi connectivity index (χ1) is 14.0. The van der Waals surface area contributed by atoms with Crippen LogP contribution in [0.15, 0.2) is 0 Å². The van der Waals surface area contributed by atoms with Crippen LogP contribution in [-0.4, -0.2) is 72.3 Å². The van der Waals surface area contributed by atoms with Gasteiger partial charge in [-0.05, 0) is 27.7 Å². The summed E-state index contributed by atoms with van der Waals surface area (Å²) >= 11 is 5.15. The number of hydrogen-bond acceptors (Lipinski definition) is 8. The maximum atomic E-state index is 12.2. The molecule has 0 aliphatic carbocycles. The van der Waals surface area contributed by atoms with Crippen molar-refractivity contribution < 1.29 is 55.8 Å². The van der Waals surface area contributed by atoms with Crippen molar-refractivity contribution in [1.29, 1.82) is 0 Å². The van der Waals surface area contributed by atoms with E-state index >= 15 is 0 Å². The Labute approximate surface area is 210 Å². The molecule has 0 spiro atoms. The third kappa shape index (κ3) is 18.7. The van der Waals surface area contributed by atoms with E-state index in [1.807, 2.05) is 20.8 Å². The molecular weight excluding hydrogens is 866 g/mol. The van der Waals surface area contributed by atoms with Crippen molar-refractivity contribution >= 4 is 42.7 Å². The smallest absolute Gasteiger partial charge is 0.331 e. The first-order valence-corrected chi connectivity index (χ1v) is 9.79. The number of ether oxygens (including phenoxy) is 2. The van der Waals surface area contributed by atoms with Crippen LogP contribution in [0.5, 0.6) is 0 Å². The van der Waals surface area contributed by atoms with Crippen molar-refractivity contribution in [1.82, 2.24) is 16.0 Å². The number of esters is 1. The molecule has 3 unspecified atom stereocenters. The average molecular weight is 901 g/mol. The predicted octanol–water partition coefficient (Wildman–Crippen LogP) is -1.20. The van der Waals surface area contributed by atoms with Crippen LogP contribution in [0.3, 0.4) is 0 Å². The van der Waals surface area contributed by atoms with Crippen molar-refractivity contribution in [2.45, 2.75) is 77.0 Å². The molecule has 197 valence electrons. The summed E-state index contributed by atoms with van der Waals surface area (Å²) in [7, 11) is 1.20. The van der Waals surface area contributed by atoms with Crippen molar-refractivity contribution in [3.8, 4) is 0 Å². The second-order valence-electron chi connectivity index (χ2n) is 8.12. The summed E-state index contributed by atoms with van der Waals surface area (Å²) in [6.07, 6.45) is 0.764. The topological polar surface area (TPSA) is 166 Å². The number of nitrogens with two attached hydrogens (primary N) is 1. The van der Waals surface area contributed by atoms with Crippen LogP contribution in [0.4, 0.5) is 0 Å². The van der Waals surface area contributed by atoms with Gasteiger partial charge in [-0.15, -0.1) is 4.75 Å². The number of primary amides is 1. The van der Waals surface area contributed by atoms with E-state index in [1.54, 1.807) is 20.8 Å². The summed E-state index contributed by atoms with van der Waals surface area (Å²) < 4.78 is 9.41. The van der Waals surface area contributed by atoms with Gasteiger partial charge >= 0.3 is 5.97 Å². The molecule has 0 heterocycles. The predicted molar refractivity (Wildman–Crippen MR) is 116 cm³/mol. The molecule has 0 aromatic heterocycles. The van der Waals surface area contributed by atoms with Gasteiger partial charge in [-0.1, -0.05) is 13.8 Å². The fourth-order valence-electron chi connectivity index (χ4n) is 2.23. The van der Waals surface area contributed by atoms with Gasteiger partial charge in [0.25, 0.3) is 0 Å². The van der Waals surface area contributed by atoms with E-state index in [-0.39, 0.29) is 28.3 Å². The Morgan fingerprint density at radius 3 is 1.91 bits per heavy atom. The maximum absolute atomic E-state index is 12.2. The second kappa shape index (κ2) is 17.0. The van der Waals surface area contributed by atoms with E-state index in [0.29, 0.717) is 0 Å². The zero-order chi connectivity index (χ0) is 25.0. The third-order valence-corrected chi connectivity index (χ3v) is 3.60. The Bertz CT molecular complexity index is 639. The molecule has 4 amide bonds. The molecule has 0 rings (SSSR count). The minimum atomic E-state index is -1.05. The molecular formula is C19H34FmN4O7STa-2. The van der Waals surface area contributed by atoms with E-state index in [2.05, 4.69) is 21.7 Å². The Morgan fingerprint density at radius 1 is 1.12 bits per heavy atom. The molecule has 0 bridgehead atoms. The van der Waals surface area contributed by atoms with Crippen LogP contribution >= 0.6 is 0 Å². The number of carbonyl (C=O) groups is 4. The normalized spacial score (nSPS) is 13.1. The summed E-state index contributed by atoms with van der Waals surface area (Å²) in [6.45, 7) is 11.1. The zero-order valence-corrected chi connectivity index (χ0v) is 26.5. The standard InChI is InChI=1S/C17H30N3O6S.C2H5NO.Fm.Ta/c1-10(26-16(2,3)4)12(15(24)25-7)20-11(22)8-18-14(23)13(19-9-21)17(5,6)27;1-2(3)4;;/h10,12-13,27H,8H2,1-7H3,(H,18,23)(H,19,21)(H,20,22);1H3,(H2,3,4);;/q-1;;;/p-1. The summed E-state index contributed by atoms with van der Waals surface area (Å²) in [6, 6.07) is -2.09.